The number of aryl methyl sites for hydroxylation is 3. The van der Waals surface area contributed by atoms with Gasteiger partial charge < -0.3 is 19.5 Å². The van der Waals surface area contributed by atoms with E-state index >= 15 is 0 Å². The summed E-state index contributed by atoms with van der Waals surface area (Å²) in [5.74, 6) is -3.44. The van der Waals surface area contributed by atoms with E-state index in [0.717, 1.165) is 12.1 Å². The standard InChI is InChI=1S/C31H31F5N4O5/c1-16-9-20(12-21(10-16)31(34,35)36)27-18(3)40(29(43)45-27)13-23-26(17(2)37-28(38-23)39-14-30(32,33)15-39)22-11-19(6-8-25(41)42)5-7-24(22)44-4/h5,7,9-12,18,27H,6,8,13-15H2,1-4H3,(H,41,42)/t18-,27-/m0/s1. The Labute approximate surface area is 255 Å². The maximum absolute atomic E-state index is 13.8. The Balaban J connectivity index is 1.56. The van der Waals surface area contributed by atoms with Crippen LogP contribution in [0.25, 0.3) is 11.1 Å². The summed E-state index contributed by atoms with van der Waals surface area (Å²) in [4.78, 5) is 36.1. The number of carboxylic acids is 1. The highest BCUT2D eigenvalue weighted by Crippen LogP contribution is 2.41. The Morgan fingerprint density at radius 2 is 1.84 bits per heavy atom. The summed E-state index contributed by atoms with van der Waals surface area (Å²) < 4.78 is 79.4. The Kier molecular flexibility index (Phi) is 8.36. The van der Waals surface area contributed by atoms with Gasteiger partial charge in [0.25, 0.3) is 5.92 Å². The van der Waals surface area contributed by atoms with Crippen molar-refractivity contribution in [3.8, 4) is 16.9 Å². The number of carboxylic acid groups (broad SMARTS) is 1. The number of rotatable bonds is 9. The minimum absolute atomic E-state index is 0.0310. The van der Waals surface area contributed by atoms with Crippen LogP contribution in [0.2, 0.25) is 0 Å². The highest BCUT2D eigenvalue weighted by atomic mass is 19.4. The van der Waals surface area contributed by atoms with Crippen molar-refractivity contribution in [3.63, 3.8) is 0 Å². The fraction of sp³-hybridized carbons (Fsp3) is 0.419. The fourth-order valence-electron chi connectivity index (χ4n) is 5.69. The van der Waals surface area contributed by atoms with Crippen LogP contribution in [-0.4, -0.2) is 64.2 Å². The SMILES string of the molecule is COc1ccc(CCC(=O)O)cc1-c1c(C)nc(N2CC(F)(F)C2)nc1CN1C(=O)O[C@H](c2cc(C)cc(C(F)(F)F)c2)[C@@H]1C. The molecule has 0 radical (unpaired) electrons. The van der Waals surface area contributed by atoms with Gasteiger partial charge in [-0.15, -0.1) is 0 Å². The predicted octanol–water partition coefficient (Wildman–Crippen LogP) is 6.34. The van der Waals surface area contributed by atoms with Gasteiger partial charge >= 0.3 is 18.2 Å². The molecule has 0 spiro atoms. The molecule has 1 amide bonds. The quantitative estimate of drug-likeness (QED) is 0.272. The summed E-state index contributed by atoms with van der Waals surface area (Å²) in [7, 11) is 1.45. The van der Waals surface area contributed by atoms with Gasteiger partial charge in [-0.2, -0.15) is 13.2 Å². The molecule has 3 aromatic rings. The van der Waals surface area contributed by atoms with E-state index in [-0.39, 0.29) is 36.6 Å². The van der Waals surface area contributed by atoms with Gasteiger partial charge in [0.05, 0.1) is 49.7 Å². The zero-order valence-corrected chi connectivity index (χ0v) is 24.9. The lowest BCUT2D eigenvalue weighted by molar-refractivity contribution is -0.138. The molecule has 5 rings (SSSR count). The van der Waals surface area contributed by atoms with Crippen LogP contribution in [-0.2, 0) is 28.7 Å². The van der Waals surface area contributed by atoms with Gasteiger partial charge in [0, 0.05) is 17.5 Å². The average molecular weight is 635 g/mol. The van der Waals surface area contributed by atoms with E-state index in [4.69, 9.17) is 9.47 Å². The summed E-state index contributed by atoms with van der Waals surface area (Å²) in [6.45, 7) is 3.46. The number of anilines is 1. The summed E-state index contributed by atoms with van der Waals surface area (Å²) in [6.07, 6.45) is -6.31. The van der Waals surface area contributed by atoms with E-state index in [1.807, 2.05) is 0 Å². The van der Waals surface area contributed by atoms with Crippen LogP contribution in [0.4, 0.5) is 32.7 Å². The first-order chi connectivity index (χ1) is 21.1. The number of hydrogen-bond acceptors (Lipinski definition) is 7. The second kappa shape index (κ2) is 11.8. The van der Waals surface area contributed by atoms with Crippen molar-refractivity contribution < 1.29 is 46.1 Å². The van der Waals surface area contributed by atoms with Crippen molar-refractivity contribution in [1.29, 1.82) is 0 Å². The third-order valence-corrected chi connectivity index (χ3v) is 7.91. The molecule has 2 aliphatic heterocycles. The smallest absolute Gasteiger partial charge is 0.416 e. The molecule has 14 heteroatoms. The Morgan fingerprint density at radius 3 is 2.47 bits per heavy atom. The van der Waals surface area contributed by atoms with Crippen molar-refractivity contribution in [2.75, 3.05) is 25.1 Å². The topological polar surface area (TPSA) is 105 Å². The van der Waals surface area contributed by atoms with Gasteiger partial charge in [0.1, 0.15) is 11.9 Å². The lowest BCUT2D eigenvalue weighted by Gasteiger charge is -2.39. The maximum Gasteiger partial charge on any atom is 0.416 e. The molecule has 9 nitrogen and oxygen atoms in total. The number of carbonyl (C=O) groups excluding carboxylic acids is 1. The molecule has 2 atom stereocenters. The Bertz CT molecular complexity index is 1640. The molecule has 2 aliphatic rings. The van der Waals surface area contributed by atoms with E-state index in [2.05, 4.69) is 9.97 Å². The Morgan fingerprint density at radius 1 is 1.13 bits per heavy atom. The third kappa shape index (κ3) is 6.64. The highest BCUT2D eigenvalue weighted by molar-refractivity contribution is 5.77. The molecule has 0 bridgehead atoms. The van der Waals surface area contributed by atoms with Gasteiger partial charge in [-0.25, -0.2) is 23.5 Å². The first-order valence-electron chi connectivity index (χ1n) is 14.1. The molecule has 0 saturated carbocycles. The number of alkyl halides is 5. The molecule has 2 saturated heterocycles. The predicted molar refractivity (Wildman–Crippen MR) is 152 cm³/mol. The van der Waals surface area contributed by atoms with Crippen molar-refractivity contribution >= 4 is 18.0 Å². The molecule has 45 heavy (non-hydrogen) atoms. The maximum atomic E-state index is 13.8. The summed E-state index contributed by atoms with van der Waals surface area (Å²) in [5.41, 5.74) is 1.95. The molecule has 2 fully saturated rings. The van der Waals surface area contributed by atoms with Crippen molar-refractivity contribution in [3.05, 3.63) is 70.0 Å². The molecule has 240 valence electrons. The second-order valence-electron chi connectivity index (χ2n) is 11.4. The number of aliphatic carboxylic acids is 1. The van der Waals surface area contributed by atoms with Gasteiger partial charge in [0.2, 0.25) is 5.95 Å². The van der Waals surface area contributed by atoms with Gasteiger partial charge in [-0.1, -0.05) is 17.7 Å². The van der Waals surface area contributed by atoms with Crippen LogP contribution in [0.15, 0.2) is 36.4 Å². The summed E-state index contributed by atoms with van der Waals surface area (Å²) >= 11 is 0. The van der Waals surface area contributed by atoms with Gasteiger partial charge in [-0.3, -0.25) is 9.69 Å². The van der Waals surface area contributed by atoms with E-state index in [1.165, 1.54) is 29.9 Å². The fourth-order valence-corrected chi connectivity index (χ4v) is 5.69. The van der Waals surface area contributed by atoms with Crippen molar-refractivity contribution in [2.24, 2.45) is 0 Å². The van der Waals surface area contributed by atoms with Crippen molar-refractivity contribution in [2.45, 2.75) is 64.4 Å². The molecule has 1 aromatic heterocycles. The lowest BCUT2D eigenvalue weighted by Crippen LogP contribution is -2.57. The highest BCUT2D eigenvalue weighted by Gasteiger charge is 2.46. The number of halogens is 5. The minimum atomic E-state index is -4.60. The van der Waals surface area contributed by atoms with Crippen LogP contribution in [0.3, 0.4) is 0 Å². The van der Waals surface area contributed by atoms with Crippen LogP contribution in [0.1, 0.15) is 53.1 Å². The van der Waals surface area contributed by atoms with Gasteiger partial charge in [-0.05, 0) is 62.6 Å². The number of hydrogen-bond donors (Lipinski definition) is 1. The van der Waals surface area contributed by atoms with Crippen LogP contribution >= 0.6 is 0 Å². The number of ether oxygens (including phenoxy) is 2. The lowest BCUT2D eigenvalue weighted by atomic mass is 9.96. The summed E-state index contributed by atoms with van der Waals surface area (Å²) in [5, 5.41) is 9.17. The number of cyclic esters (lactones) is 1. The number of benzene rings is 2. The average Bonchev–Trinajstić information content (AvgIpc) is 3.22. The first-order valence-corrected chi connectivity index (χ1v) is 14.1. The van der Waals surface area contributed by atoms with Crippen LogP contribution in [0.5, 0.6) is 5.75 Å². The number of nitrogens with zero attached hydrogens (tertiary/aromatic N) is 4. The Hall–Kier alpha value is -4.49. The zero-order valence-electron chi connectivity index (χ0n) is 24.9. The number of amides is 1. The molecular formula is C31H31F5N4O5. The van der Waals surface area contributed by atoms with Crippen LogP contribution < -0.4 is 9.64 Å². The zero-order chi connectivity index (χ0) is 32.8. The normalized spacial score (nSPS) is 19.4. The van der Waals surface area contributed by atoms with Crippen LogP contribution in [0, 0.1) is 13.8 Å². The van der Waals surface area contributed by atoms with E-state index < -0.39 is 55.0 Å². The first kappa shape index (κ1) is 31.9. The van der Waals surface area contributed by atoms with E-state index in [1.54, 1.807) is 32.0 Å². The summed E-state index contributed by atoms with van der Waals surface area (Å²) in [6, 6.07) is 7.89. The molecule has 2 aromatic carbocycles. The molecule has 0 unspecified atom stereocenters. The number of methoxy groups -OCH3 is 1. The number of carbonyl (C=O) groups is 2. The second-order valence-corrected chi connectivity index (χ2v) is 11.4. The minimum Gasteiger partial charge on any atom is -0.496 e. The van der Waals surface area contributed by atoms with E-state index in [0.29, 0.717) is 33.7 Å². The number of aromatic nitrogens is 2. The third-order valence-electron chi connectivity index (χ3n) is 7.91. The molecule has 1 N–H and O–H groups in total. The molecular weight excluding hydrogens is 603 g/mol. The monoisotopic (exact) mass is 634 g/mol. The largest absolute Gasteiger partial charge is 0.496 e. The molecule has 0 aliphatic carbocycles. The van der Waals surface area contributed by atoms with Gasteiger partial charge in [0.15, 0.2) is 0 Å². The van der Waals surface area contributed by atoms with Crippen molar-refractivity contribution in [1.82, 2.24) is 14.9 Å². The van der Waals surface area contributed by atoms with E-state index in [9.17, 15) is 36.6 Å². The molecule has 3 heterocycles.